The van der Waals surface area contributed by atoms with Gasteiger partial charge >= 0.3 is 5.97 Å². The van der Waals surface area contributed by atoms with Crippen molar-refractivity contribution >= 4 is 23.5 Å². The molecule has 4 rings (SSSR count). The minimum absolute atomic E-state index is 0.0511. The van der Waals surface area contributed by atoms with Crippen molar-refractivity contribution in [2.24, 2.45) is 5.41 Å². The summed E-state index contributed by atoms with van der Waals surface area (Å²) in [5, 5.41) is 10.6. The van der Waals surface area contributed by atoms with Gasteiger partial charge in [-0.05, 0) is 42.8 Å². The van der Waals surface area contributed by atoms with Crippen LogP contribution in [0.1, 0.15) is 16.8 Å². The third-order valence-corrected chi connectivity index (χ3v) is 6.08. The van der Waals surface area contributed by atoms with Gasteiger partial charge in [0.25, 0.3) is 5.91 Å². The third-order valence-electron chi connectivity index (χ3n) is 5.82. The van der Waals surface area contributed by atoms with Crippen LogP contribution in [0, 0.1) is 5.41 Å². The van der Waals surface area contributed by atoms with Crippen LogP contribution in [0.15, 0.2) is 66.9 Å². The predicted molar refractivity (Wildman–Crippen MR) is 124 cm³/mol. The van der Waals surface area contributed by atoms with Crippen LogP contribution in [0.25, 0.3) is 11.3 Å². The number of aromatic nitrogens is 1. The van der Waals surface area contributed by atoms with E-state index >= 15 is 0 Å². The number of benzene rings is 2. The minimum atomic E-state index is -1.20. The maximum absolute atomic E-state index is 13.0. The molecule has 3 aromatic rings. The summed E-state index contributed by atoms with van der Waals surface area (Å²) < 4.78 is 11.1. The molecule has 8 heteroatoms. The molecule has 1 aromatic heterocycles. The number of para-hydroxylation sites is 1. The van der Waals surface area contributed by atoms with Crippen LogP contribution in [0.2, 0.25) is 5.02 Å². The van der Waals surface area contributed by atoms with Crippen LogP contribution < -0.4 is 9.47 Å². The molecule has 7 nitrogen and oxygen atoms in total. The summed E-state index contributed by atoms with van der Waals surface area (Å²) in [7, 11) is 1.50. The fourth-order valence-corrected chi connectivity index (χ4v) is 4.00. The lowest BCUT2D eigenvalue weighted by Gasteiger charge is -2.25. The fourth-order valence-electron chi connectivity index (χ4n) is 3.87. The highest BCUT2D eigenvalue weighted by Crippen LogP contribution is 2.34. The lowest BCUT2D eigenvalue weighted by Crippen LogP contribution is -2.41. The Kier molecular flexibility index (Phi) is 6.51. The number of methoxy groups -OCH3 is 1. The number of halogens is 1. The molecular formula is C25H23ClN2O5. The van der Waals surface area contributed by atoms with Crippen LogP contribution in [0.4, 0.5) is 0 Å². The topological polar surface area (TPSA) is 89.0 Å². The number of hydrogen-bond acceptors (Lipinski definition) is 5. The third kappa shape index (κ3) is 4.78. The van der Waals surface area contributed by atoms with Crippen LogP contribution in [-0.4, -0.2) is 53.7 Å². The van der Waals surface area contributed by atoms with Gasteiger partial charge in [-0.2, -0.15) is 0 Å². The van der Waals surface area contributed by atoms with Crippen molar-refractivity contribution < 1.29 is 24.2 Å². The van der Waals surface area contributed by atoms with E-state index in [9.17, 15) is 14.7 Å². The van der Waals surface area contributed by atoms with Gasteiger partial charge in [-0.15, -0.1) is 0 Å². The SMILES string of the molecule is COc1ccccc1C(=O)N1CCC(COc2ccc(-c3ccc(Cl)cc3)nc2)(C(=O)O)C1. The smallest absolute Gasteiger partial charge is 0.315 e. The van der Waals surface area contributed by atoms with Gasteiger partial charge in [0.15, 0.2) is 0 Å². The normalized spacial score (nSPS) is 17.6. The molecule has 1 aliphatic rings. The highest BCUT2D eigenvalue weighted by Gasteiger charge is 2.47. The van der Waals surface area contributed by atoms with Gasteiger partial charge in [0.05, 0.1) is 24.6 Å². The molecule has 1 unspecified atom stereocenters. The van der Waals surface area contributed by atoms with E-state index in [4.69, 9.17) is 21.1 Å². The summed E-state index contributed by atoms with van der Waals surface area (Å²) in [5.74, 6) is -0.339. The molecule has 1 atom stereocenters. The Morgan fingerprint density at radius 2 is 1.88 bits per heavy atom. The Labute approximate surface area is 196 Å². The van der Waals surface area contributed by atoms with Gasteiger partial charge in [-0.1, -0.05) is 35.9 Å². The monoisotopic (exact) mass is 466 g/mol. The summed E-state index contributed by atoms with van der Waals surface area (Å²) in [6, 6.07) is 17.8. The Morgan fingerprint density at radius 3 is 2.55 bits per heavy atom. The number of ether oxygens (including phenoxy) is 2. The van der Waals surface area contributed by atoms with Crippen LogP contribution in [0.3, 0.4) is 0 Å². The maximum Gasteiger partial charge on any atom is 0.315 e. The summed E-state index contributed by atoms with van der Waals surface area (Å²) in [6.45, 7) is 0.301. The van der Waals surface area contributed by atoms with Crippen molar-refractivity contribution in [3.63, 3.8) is 0 Å². The molecule has 0 aliphatic carbocycles. The molecule has 1 amide bonds. The van der Waals surface area contributed by atoms with Gasteiger partial charge in [-0.25, -0.2) is 0 Å². The molecule has 2 heterocycles. The first-order valence-corrected chi connectivity index (χ1v) is 10.8. The second-order valence-electron chi connectivity index (χ2n) is 7.94. The molecule has 0 saturated carbocycles. The molecule has 1 N–H and O–H groups in total. The molecule has 1 saturated heterocycles. The first-order chi connectivity index (χ1) is 15.9. The minimum Gasteiger partial charge on any atom is -0.496 e. The fraction of sp³-hybridized carbons (Fsp3) is 0.240. The number of pyridine rings is 1. The molecule has 1 fully saturated rings. The number of amides is 1. The molecule has 2 aromatic carbocycles. The highest BCUT2D eigenvalue weighted by atomic mass is 35.5. The van der Waals surface area contributed by atoms with Crippen molar-refractivity contribution in [3.05, 3.63) is 77.4 Å². The molecule has 33 heavy (non-hydrogen) atoms. The second-order valence-corrected chi connectivity index (χ2v) is 8.37. The van der Waals surface area contributed by atoms with Crippen molar-refractivity contribution in [2.45, 2.75) is 6.42 Å². The Bertz CT molecular complexity index is 1150. The molecule has 170 valence electrons. The maximum atomic E-state index is 13.0. The van der Waals surface area contributed by atoms with E-state index in [0.29, 0.717) is 35.1 Å². The number of rotatable bonds is 7. The van der Waals surface area contributed by atoms with E-state index in [-0.39, 0.29) is 19.1 Å². The van der Waals surface area contributed by atoms with E-state index in [1.165, 1.54) is 12.0 Å². The van der Waals surface area contributed by atoms with Crippen LogP contribution in [0.5, 0.6) is 11.5 Å². The Morgan fingerprint density at radius 1 is 1.12 bits per heavy atom. The highest BCUT2D eigenvalue weighted by molar-refractivity contribution is 6.30. The van der Waals surface area contributed by atoms with Gasteiger partial charge in [0.2, 0.25) is 0 Å². The van der Waals surface area contributed by atoms with E-state index in [0.717, 1.165) is 11.3 Å². The first-order valence-electron chi connectivity index (χ1n) is 10.4. The van der Waals surface area contributed by atoms with Gasteiger partial charge in [0.1, 0.15) is 23.5 Å². The zero-order valence-electron chi connectivity index (χ0n) is 18.0. The number of carboxylic acids is 1. The zero-order chi connectivity index (χ0) is 23.4. The quantitative estimate of drug-likeness (QED) is 0.555. The largest absolute Gasteiger partial charge is 0.496 e. The van der Waals surface area contributed by atoms with E-state index in [1.807, 2.05) is 12.1 Å². The number of carbonyl (C=O) groups excluding carboxylic acids is 1. The second kappa shape index (κ2) is 9.50. The predicted octanol–water partition coefficient (Wildman–Crippen LogP) is 4.41. The lowest BCUT2D eigenvalue weighted by atomic mass is 9.88. The zero-order valence-corrected chi connectivity index (χ0v) is 18.8. The standard InChI is InChI=1S/C25H23ClN2O5/c1-32-22-5-3-2-4-20(22)23(29)28-13-12-25(15-28,24(30)31)16-33-19-10-11-21(27-14-19)17-6-8-18(26)9-7-17/h2-11,14H,12-13,15-16H2,1H3,(H,30,31). The lowest BCUT2D eigenvalue weighted by molar-refractivity contribution is -0.149. The molecule has 0 spiro atoms. The van der Waals surface area contributed by atoms with Gasteiger partial charge < -0.3 is 19.5 Å². The van der Waals surface area contributed by atoms with Crippen molar-refractivity contribution in [2.75, 3.05) is 26.8 Å². The average Bonchev–Trinajstić information content (AvgIpc) is 3.29. The molecule has 0 bridgehead atoms. The number of carbonyl (C=O) groups is 2. The van der Waals surface area contributed by atoms with Crippen molar-refractivity contribution in [3.8, 4) is 22.8 Å². The number of nitrogens with zero attached hydrogens (tertiary/aromatic N) is 2. The Hall–Kier alpha value is -3.58. The number of carboxylic acid groups (broad SMARTS) is 1. The van der Waals surface area contributed by atoms with Crippen LogP contribution >= 0.6 is 11.6 Å². The van der Waals surface area contributed by atoms with Gasteiger partial charge in [-0.3, -0.25) is 14.6 Å². The van der Waals surface area contributed by atoms with E-state index in [1.54, 1.807) is 54.7 Å². The number of aliphatic carboxylic acids is 1. The summed E-state index contributed by atoms with van der Waals surface area (Å²) in [4.78, 5) is 31.1. The number of likely N-dealkylation sites (tertiary alicyclic amines) is 1. The summed E-state index contributed by atoms with van der Waals surface area (Å²) in [5.41, 5.74) is 0.867. The molecule has 0 radical (unpaired) electrons. The first kappa shape index (κ1) is 22.6. The van der Waals surface area contributed by atoms with E-state index in [2.05, 4.69) is 4.98 Å². The van der Waals surface area contributed by atoms with Crippen molar-refractivity contribution in [1.29, 1.82) is 0 Å². The van der Waals surface area contributed by atoms with E-state index < -0.39 is 11.4 Å². The van der Waals surface area contributed by atoms with Crippen LogP contribution in [-0.2, 0) is 4.79 Å². The van der Waals surface area contributed by atoms with Gasteiger partial charge in [0, 0.05) is 23.7 Å². The van der Waals surface area contributed by atoms with Crippen molar-refractivity contribution in [1.82, 2.24) is 9.88 Å². The number of hydrogen-bond donors (Lipinski definition) is 1. The average molecular weight is 467 g/mol. The molecule has 1 aliphatic heterocycles. The molecular weight excluding hydrogens is 444 g/mol. The summed E-state index contributed by atoms with van der Waals surface area (Å²) >= 11 is 5.93. The Balaban J connectivity index is 1.44. The summed E-state index contributed by atoms with van der Waals surface area (Å²) in [6.07, 6.45) is 1.85.